The Balaban J connectivity index is 1.61. The van der Waals surface area contributed by atoms with Crippen LogP contribution < -0.4 is 15.5 Å². The number of anilines is 2. The smallest absolute Gasteiger partial charge is 0.338 e. The van der Waals surface area contributed by atoms with Crippen molar-refractivity contribution in [2.75, 3.05) is 29.9 Å². The van der Waals surface area contributed by atoms with Crippen LogP contribution in [0.4, 0.5) is 11.4 Å². The summed E-state index contributed by atoms with van der Waals surface area (Å²) in [6.45, 7) is 10.7. The van der Waals surface area contributed by atoms with E-state index in [1.165, 1.54) is 24.1 Å². The lowest BCUT2D eigenvalue weighted by Crippen LogP contribution is -2.34. The van der Waals surface area contributed by atoms with E-state index in [4.69, 9.17) is 17.0 Å². The van der Waals surface area contributed by atoms with Crippen molar-refractivity contribution in [3.05, 3.63) is 59.2 Å². The minimum Gasteiger partial charge on any atom is -0.462 e. The predicted molar refractivity (Wildman–Crippen MR) is 132 cm³/mol. The normalized spacial score (nSPS) is 17.0. The lowest BCUT2D eigenvalue weighted by molar-refractivity contribution is 0.0525. The standard InChI is InChI=1S/C25H33N3O2S/c1-5-30-24(29)22-9-6-10-23(18(22)3)27-25(31)26-19(4)20-11-13-21(14-12-20)28-15-7-8-17(2)16-28/h6,9-14,17,19H,5,7-8,15-16H2,1-4H3,(H2,26,27,31)/t17-,19-/m0/s1. The van der Waals surface area contributed by atoms with Gasteiger partial charge in [-0.2, -0.15) is 0 Å². The average Bonchev–Trinajstić information content (AvgIpc) is 2.75. The van der Waals surface area contributed by atoms with Crippen LogP contribution in [-0.4, -0.2) is 30.8 Å². The molecule has 1 aliphatic heterocycles. The van der Waals surface area contributed by atoms with Crippen LogP contribution in [0, 0.1) is 12.8 Å². The van der Waals surface area contributed by atoms with E-state index in [0.717, 1.165) is 30.3 Å². The van der Waals surface area contributed by atoms with Crippen molar-refractivity contribution in [1.29, 1.82) is 0 Å². The molecule has 0 amide bonds. The molecule has 0 unspecified atom stereocenters. The van der Waals surface area contributed by atoms with Gasteiger partial charge in [-0.25, -0.2) is 4.79 Å². The number of ether oxygens (including phenoxy) is 1. The van der Waals surface area contributed by atoms with E-state index in [-0.39, 0.29) is 12.0 Å². The highest BCUT2D eigenvalue weighted by Gasteiger charge is 2.17. The molecule has 166 valence electrons. The zero-order chi connectivity index (χ0) is 22.4. The van der Waals surface area contributed by atoms with Gasteiger partial charge in [0.2, 0.25) is 0 Å². The van der Waals surface area contributed by atoms with Crippen molar-refractivity contribution >= 4 is 34.7 Å². The molecule has 0 saturated carbocycles. The maximum atomic E-state index is 12.1. The van der Waals surface area contributed by atoms with E-state index in [1.807, 2.05) is 19.1 Å². The zero-order valence-corrected chi connectivity index (χ0v) is 19.7. The quantitative estimate of drug-likeness (QED) is 0.461. The fraction of sp³-hybridized carbons (Fsp3) is 0.440. The fourth-order valence-electron chi connectivity index (χ4n) is 4.04. The second kappa shape index (κ2) is 10.6. The molecule has 1 saturated heterocycles. The molecule has 2 N–H and O–H groups in total. The highest BCUT2D eigenvalue weighted by Crippen LogP contribution is 2.25. The largest absolute Gasteiger partial charge is 0.462 e. The molecule has 6 heteroatoms. The lowest BCUT2D eigenvalue weighted by atomic mass is 9.99. The molecule has 31 heavy (non-hydrogen) atoms. The zero-order valence-electron chi connectivity index (χ0n) is 18.9. The topological polar surface area (TPSA) is 53.6 Å². The number of hydrogen-bond donors (Lipinski definition) is 2. The number of esters is 1. The second-order valence-electron chi connectivity index (χ2n) is 8.30. The summed E-state index contributed by atoms with van der Waals surface area (Å²) >= 11 is 5.53. The second-order valence-corrected chi connectivity index (χ2v) is 8.71. The molecule has 2 atom stereocenters. The van der Waals surface area contributed by atoms with Crippen LogP contribution in [0.5, 0.6) is 0 Å². The number of thiocarbonyl (C=S) groups is 1. The maximum Gasteiger partial charge on any atom is 0.338 e. The van der Waals surface area contributed by atoms with Gasteiger partial charge in [0, 0.05) is 24.5 Å². The van der Waals surface area contributed by atoms with E-state index in [9.17, 15) is 4.79 Å². The van der Waals surface area contributed by atoms with E-state index < -0.39 is 0 Å². The van der Waals surface area contributed by atoms with Gasteiger partial charge < -0.3 is 20.3 Å². The summed E-state index contributed by atoms with van der Waals surface area (Å²) in [7, 11) is 0. The lowest BCUT2D eigenvalue weighted by Gasteiger charge is -2.33. The molecule has 0 aromatic heterocycles. The van der Waals surface area contributed by atoms with Gasteiger partial charge in [-0.05, 0) is 87.1 Å². The molecule has 0 radical (unpaired) electrons. The Hall–Kier alpha value is -2.60. The number of nitrogens with one attached hydrogen (secondary N) is 2. The summed E-state index contributed by atoms with van der Waals surface area (Å²) < 4.78 is 5.13. The highest BCUT2D eigenvalue weighted by molar-refractivity contribution is 7.80. The SMILES string of the molecule is CCOC(=O)c1cccc(NC(=S)N[C@@H](C)c2ccc(N3CCC[C@H](C)C3)cc2)c1C. The number of piperidine rings is 1. The van der Waals surface area contributed by atoms with E-state index in [1.54, 1.807) is 13.0 Å². The van der Waals surface area contributed by atoms with Crippen LogP contribution in [0.3, 0.4) is 0 Å². The Morgan fingerprint density at radius 2 is 2.00 bits per heavy atom. The van der Waals surface area contributed by atoms with Gasteiger partial charge >= 0.3 is 5.97 Å². The summed E-state index contributed by atoms with van der Waals surface area (Å²) in [6, 6.07) is 14.3. The molecule has 1 heterocycles. The Labute approximate surface area is 191 Å². The summed E-state index contributed by atoms with van der Waals surface area (Å²) in [5.74, 6) is 0.433. The third-order valence-corrected chi connectivity index (χ3v) is 6.06. The Bertz CT molecular complexity index is 913. The first-order chi connectivity index (χ1) is 14.9. The molecule has 2 aromatic carbocycles. The highest BCUT2D eigenvalue weighted by atomic mass is 32.1. The van der Waals surface area contributed by atoms with Crippen LogP contribution in [0.15, 0.2) is 42.5 Å². The average molecular weight is 440 g/mol. The van der Waals surface area contributed by atoms with Crippen molar-refractivity contribution in [2.24, 2.45) is 5.92 Å². The van der Waals surface area contributed by atoms with E-state index in [0.29, 0.717) is 17.3 Å². The maximum absolute atomic E-state index is 12.1. The van der Waals surface area contributed by atoms with E-state index >= 15 is 0 Å². The molecular formula is C25H33N3O2S. The van der Waals surface area contributed by atoms with Gasteiger partial charge in [0.15, 0.2) is 5.11 Å². The van der Waals surface area contributed by atoms with E-state index in [2.05, 4.69) is 53.6 Å². The molecule has 3 rings (SSSR count). The van der Waals surface area contributed by atoms with Crippen LogP contribution >= 0.6 is 12.2 Å². The first-order valence-electron chi connectivity index (χ1n) is 11.1. The molecular weight excluding hydrogens is 406 g/mol. The molecule has 0 aliphatic carbocycles. The number of nitrogens with zero attached hydrogens (tertiary/aromatic N) is 1. The number of benzene rings is 2. The minimum absolute atomic E-state index is 0.0582. The van der Waals surface area contributed by atoms with Gasteiger partial charge in [-0.1, -0.05) is 25.1 Å². The molecule has 1 aliphatic rings. The molecule has 0 spiro atoms. The molecule has 2 aromatic rings. The number of carbonyl (C=O) groups is 1. The van der Waals surface area contributed by atoms with Crippen LogP contribution in [-0.2, 0) is 4.74 Å². The summed E-state index contributed by atoms with van der Waals surface area (Å²) in [5.41, 5.74) is 4.62. The van der Waals surface area contributed by atoms with Crippen LogP contribution in [0.1, 0.15) is 61.1 Å². The fourth-order valence-corrected chi connectivity index (χ4v) is 4.32. The third kappa shape index (κ3) is 5.97. The van der Waals surface area contributed by atoms with Gasteiger partial charge in [0.25, 0.3) is 0 Å². The Kier molecular flexibility index (Phi) is 7.91. The number of hydrogen-bond acceptors (Lipinski definition) is 4. The minimum atomic E-state index is -0.320. The van der Waals surface area contributed by atoms with Gasteiger partial charge in [0.05, 0.1) is 18.2 Å². The molecule has 0 bridgehead atoms. The number of carbonyl (C=O) groups excluding carboxylic acids is 1. The van der Waals surface area contributed by atoms with Gasteiger partial charge in [-0.3, -0.25) is 0 Å². The van der Waals surface area contributed by atoms with Crippen LogP contribution in [0.2, 0.25) is 0 Å². The first kappa shape index (κ1) is 23.1. The monoisotopic (exact) mass is 439 g/mol. The van der Waals surface area contributed by atoms with Crippen LogP contribution in [0.25, 0.3) is 0 Å². The van der Waals surface area contributed by atoms with Crippen molar-refractivity contribution in [3.63, 3.8) is 0 Å². The van der Waals surface area contributed by atoms with Crippen molar-refractivity contribution < 1.29 is 9.53 Å². The van der Waals surface area contributed by atoms with Crippen molar-refractivity contribution in [3.8, 4) is 0 Å². The predicted octanol–water partition coefficient (Wildman–Crippen LogP) is 5.46. The van der Waals surface area contributed by atoms with Crippen molar-refractivity contribution in [2.45, 2.75) is 46.6 Å². The Morgan fingerprint density at radius 3 is 2.68 bits per heavy atom. The summed E-state index contributed by atoms with van der Waals surface area (Å²) in [6.07, 6.45) is 2.58. The van der Waals surface area contributed by atoms with Crippen molar-refractivity contribution in [1.82, 2.24) is 5.32 Å². The third-order valence-electron chi connectivity index (χ3n) is 5.84. The molecule has 1 fully saturated rings. The molecule has 5 nitrogen and oxygen atoms in total. The summed E-state index contributed by atoms with van der Waals surface area (Å²) in [5, 5.41) is 7.08. The van der Waals surface area contributed by atoms with Gasteiger partial charge in [-0.15, -0.1) is 0 Å². The summed E-state index contributed by atoms with van der Waals surface area (Å²) in [4.78, 5) is 14.6. The Morgan fingerprint density at radius 1 is 1.26 bits per heavy atom. The number of rotatable bonds is 6. The first-order valence-corrected chi connectivity index (χ1v) is 11.5. The van der Waals surface area contributed by atoms with Gasteiger partial charge in [0.1, 0.15) is 0 Å².